The SMILES string of the molecule is O=C1N[C@H](c2ccc(-c3ccccc3F)s2)Nc2ccccc21. The van der Waals surface area contributed by atoms with Crippen LogP contribution < -0.4 is 10.6 Å². The molecule has 5 heteroatoms. The van der Waals surface area contributed by atoms with Gasteiger partial charge in [-0.15, -0.1) is 11.3 Å². The minimum Gasteiger partial charge on any atom is -0.360 e. The zero-order valence-electron chi connectivity index (χ0n) is 12.0. The molecule has 0 aliphatic carbocycles. The van der Waals surface area contributed by atoms with Crippen LogP contribution in [0.4, 0.5) is 10.1 Å². The van der Waals surface area contributed by atoms with Crippen molar-refractivity contribution in [1.82, 2.24) is 5.32 Å². The molecular weight excluding hydrogens is 311 g/mol. The zero-order valence-corrected chi connectivity index (χ0v) is 12.9. The number of amides is 1. The second-order valence-corrected chi connectivity index (χ2v) is 6.39. The second-order valence-electron chi connectivity index (χ2n) is 5.28. The molecule has 2 N–H and O–H groups in total. The summed E-state index contributed by atoms with van der Waals surface area (Å²) in [6.45, 7) is 0. The highest BCUT2D eigenvalue weighted by atomic mass is 32.1. The van der Waals surface area contributed by atoms with Gasteiger partial charge in [0.05, 0.1) is 5.56 Å². The van der Waals surface area contributed by atoms with Crippen LogP contribution in [0.5, 0.6) is 0 Å². The van der Waals surface area contributed by atoms with E-state index in [4.69, 9.17) is 0 Å². The third-order valence-corrected chi connectivity index (χ3v) is 4.98. The van der Waals surface area contributed by atoms with Gasteiger partial charge < -0.3 is 10.6 Å². The summed E-state index contributed by atoms with van der Waals surface area (Å²) in [4.78, 5) is 14.0. The standard InChI is InChI=1S/C18H13FN2OS/c19-13-7-3-1-5-11(13)15-9-10-16(23-15)17-20-14-8-4-2-6-12(14)18(22)21-17/h1-10,17,20H,(H,21,22)/t17-/m1/s1. The fraction of sp³-hybridized carbons (Fsp3) is 0.0556. The summed E-state index contributed by atoms with van der Waals surface area (Å²) in [6, 6.07) is 17.9. The molecule has 0 saturated carbocycles. The van der Waals surface area contributed by atoms with Crippen LogP contribution in [0, 0.1) is 5.82 Å². The van der Waals surface area contributed by atoms with Gasteiger partial charge in [-0.25, -0.2) is 4.39 Å². The quantitative estimate of drug-likeness (QED) is 0.733. The van der Waals surface area contributed by atoms with E-state index in [-0.39, 0.29) is 17.9 Å². The molecule has 2 heterocycles. The molecule has 1 amide bonds. The predicted octanol–water partition coefficient (Wildman–Crippen LogP) is 4.41. The topological polar surface area (TPSA) is 41.1 Å². The summed E-state index contributed by atoms with van der Waals surface area (Å²) in [5, 5.41) is 6.24. The number of nitrogens with one attached hydrogen (secondary N) is 2. The predicted molar refractivity (Wildman–Crippen MR) is 90.0 cm³/mol. The molecule has 23 heavy (non-hydrogen) atoms. The van der Waals surface area contributed by atoms with Crippen molar-refractivity contribution in [3.63, 3.8) is 0 Å². The van der Waals surface area contributed by atoms with Crippen molar-refractivity contribution in [2.75, 3.05) is 5.32 Å². The van der Waals surface area contributed by atoms with Crippen LogP contribution in [0.3, 0.4) is 0 Å². The van der Waals surface area contributed by atoms with E-state index in [0.717, 1.165) is 15.4 Å². The molecule has 0 radical (unpaired) electrons. The Bertz CT molecular complexity index is 890. The van der Waals surface area contributed by atoms with Gasteiger partial charge in [0.15, 0.2) is 0 Å². The molecular formula is C18H13FN2OS. The first-order valence-corrected chi connectivity index (χ1v) is 8.05. The van der Waals surface area contributed by atoms with Gasteiger partial charge in [0.25, 0.3) is 5.91 Å². The van der Waals surface area contributed by atoms with Gasteiger partial charge in [0.2, 0.25) is 0 Å². The molecule has 114 valence electrons. The molecule has 1 aliphatic heterocycles. The van der Waals surface area contributed by atoms with Crippen LogP contribution in [0.1, 0.15) is 21.4 Å². The zero-order chi connectivity index (χ0) is 15.8. The Morgan fingerprint density at radius 2 is 1.61 bits per heavy atom. The number of thiophene rings is 1. The lowest BCUT2D eigenvalue weighted by Crippen LogP contribution is -2.37. The number of carbonyl (C=O) groups is 1. The summed E-state index contributed by atoms with van der Waals surface area (Å²) < 4.78 is 13.9. The van der Waals surface area contributed by atoms with Crippen LogP contribution in [0.15, 0.2) is 60.7 Å². The number of para-hydroxylation sites is 1. The van der Waals surface area contributed by atoms with E-state index < -0.39 is 0 Å². The fourth-order valence-electron chi connectivity index (χ4n) is 2.66. The van der Waals surface area contributed by atoms with Crippen LogP contribution in [-0.2, 0) is 0 Å². The van der Waals surface area contributed by atoms with Crippen molar-refractivity contribution in [1.29, 1.82) is 0 Å². The maximum atomic E-state index is 13.9. The van der Waals surface area contributed by atoms with Crippen molar-refractivity contribution in [3.8, 4) is 10.4 Å². The van der Waals surface area contributed by atoms with Gasteiger partial charge >= 0.3 is 0 Å². The van der Waals surface area contributed by atoms with E-state index in [1.807, 2.05) is 36.4 Å². The first kappa shape index (κ1) is 14.0. The highest BCUT2D eigenvalue weighted by Gasteiger charge is 2.25. The minimum absolute atomic E-state index is 0.106. The van der Waals surface area contributed by atoms with E-state index in [2.05, 4.69) is 10.6 Å². The molecule has 1 atom stereocenters. The van der Waals surface area contributed by atoms with Crippen LogP contribution in [0.2, 0.25) is 0 Å². The normalized spacial score (nSPS) is 16.4. The Labute approximate surface area is 136 Å². The lowest BCUT2D eigenvalue weighted by molar-refractivity contribution is 0.0936. The van der Waals surface area contributed by atoms with Gasteiger partial charge in [0, 0.05) is 21.0 Å². The maximum absolute atomic E-state index is 13.9. The molecule has 0 bridgehead atoms. The minimum atomic E-state index is -0.303. The lowest BCUT2D eigenvalue weighted by atomic mass is 10.1. The van der Waals surface area contributed by atoms with Gasteiger partial charge in [-0.05, 0) is 30.3 Å². The van der Waals surface area contributed by atoms with E-state index in [0.29, 0.717) is 11.1 Å². The van der Waals surface area contributed by atoms with Crippen molar-refractivity contribution < 1.29 is 9.18 Å². The Kier molecular flexibility index (Phi) is 3.35. The number of benzene rings is 2. The molecule has 3 nitrogen and oxygen atoms in total. The molecule has 0 fully saturated rings. The van der Waals surface area contributed by atoms with Gasteiger partial charge in [-0.3, -0.25) is 4.79 Å². The number of fused-ring (bicyclic) bond motifs is 1. The number of halogens is 1. The highest BCUT2D eigenvalue weighted by molar-refractivity contribution is 7.15. The summed E-state index contributed by atoms with van der Waals surface area (Å²) in [5.41, 5.74) is 2.02. The number of carbonyl (C=O) groups excluding carboxylic acids is 1. The number of hydrogen-bond acceptors (Lipinski definition) is 3. The van der Waals surface area contributed by atoms with E-state index >= 15 is 0 Å². The number of rotatable bonds is 2. The first-order chi connectivity index (χ1) is 11.2. The maximum Gasteiger partial charge on any atom is 0.255 e. The Balaban J connectivity index is 1.66. The molecule has 2 aromatic carbocycles. The fourth-order valence-corrected chi connectivity index (χ4v) is 3.70. The number of hydrogen-bond donors (Lipinski definition) is 2. The largest absolute Gasteiger partial charge is 0.360 e. The average Bonchev–Trinajstić information content (AvgIpc) is 3.05. The van der Waals surface area contributed by atoms with Crippen LogP contribution in [-0.4, -0.2) is 5.91 Å². The first-order valence-electron chi connectivity index (χ1n) is 7.23. The molecule has 1 aromatic heterocycles. The molecule has 0 saturated heterocycles. The molecule has 0 spiro atoms. The van der Waals surface area contributed by atoms with E-state index in [1.165, 1.54) is 17.4 Å². The third kappa shape index (κ3) is 2.49. The Morgan fingerprint density at radius 1 is 0.870 bits per heavy atom. The van der Waals surface area contributed by atoms with Gasteiger partial charge in [-0.2, -0.15) is 0 Å². The molecule has 1 aliphatic rings. The van der Waals surface area contributed by atoms with E-state index in [9.17, 15) is 9.18 Å². The summed E-state index contributed by atoms with van der Waals surface area (Å²) in [5.74, 6) is -0.350. The van der Waals surface area contributed by atoms with Crippen molar-refractivity contribution >= 4 is 22.9 Å². The summed E-state index contributed by atoms with van der Waals surface area (Å²) in [6.07, 6.45) is -0.303. The van der Waals surface area contributed by atoms with E-state index in [1.54, 1.807) is 18.2 Å². The Morgan fingerprint density at radius 3 is 2.43 bits per heavy atom. The molecule has 4 rings (SSSR count). The summed E-state index contributed by atoms with van der Waals surface area (Å²) in [7, 11) is 0. The average molecular weight is 324 g/mol. The molecule has 0 unspecified atom stereocenters. The smallest absolute Gasteiger partial charge is 0.255 e. The van der Waals surface area contributed by atoms with Crippen molar-refractivity contribution in [2.24, 2.45) is 0 Å². The summed E-state index contributed by atoms with van der Waals surface area (Å²) >= 11 is 1.47. The van der Waals surface area contributed by atoms with Gasteiger partial charge in [0.1, 0.15) is 12.0 Å². The van der Waals surface area contributed by atoms with Crippen LogP contribution >= 0.6 is 11.3 Å². The second kappa shape index (κ2) is 5.52. The van der Waals surface area contributed by atoms with Crippen molar-refractivity contribution in [3.05, 3.63) is 76.9 Å². The molecule has 3 aromatic rings. The highest BCUT2D eigenvalue weighted by Crippen LogP contribution is 2.35. The third-order valence-electron chi connectivity index (χ3n) is 3.80. The van der Waals surface area contributed by atoms with Gasteiger partial charge in [-0.1, -0.05) is 30.3 Å². The number of anilines is 1. The Hall–Kier alpha value is -2.66. The lowest BCUT2D eigenvalue weighted by Gasteiger charge is -2.26. The monoisotopic (exact) mass is 324 g/mol. The van der Waals surface area contributed by atoms with Crippen LogP contribution in [0.25, 0.3) is 10.4 Å². The van der Waals surface area contributed by atoms with Crippen molar-refractivity contribution in [2.45, 2.75) is 6.17 Å².